The van der Waals surface area contributed by atoms with Gasteiger partial charge in [-0.05, 0) is 5.53 Å². The molecule has 0 unspecified atom stereocenters. The zero-order valence-electron chi connectivity index (χ0n) is 3.77. The van der Waals surface area contributed by atoms with E-state index in [-0.39, 0.29) is 4.86 Å². The maximum Gasteiger partial charge on any atom is 0.180 e. The Balaban J connectivity index is 2.83. The van der Waals surface area contributed by atoms with Gasteiger partial charge in [0.15, 0.2) is 6.54 Å². The lowest BCUT2D eigenvalue weighted by atomic mass is 10.5. The van der Waals surface area contributed by atoms with Crippen molar-refractivity contribution in [2.45, 2.75) is 13.3 Å². The average Bonchev–Trinajstić information content (AvgIpc) is 1.35. The molecule has 0 aromatic heterocycles. The third-order valence-corrected chi connectivity index (χ3v) is 0.427. The molecule has 0 saturated carbocycles. The zero-order valence-corrected chi connectivity index (χ0v) is 3.77. The highest BCUT2D eigenvalue weighted by atomic mass is 16.5. The summed E-state index contributed by atoms with van der Waals surface area (Å²) >= 11 is 0. The highest BCUT2D eigenvalue weighted by molar-refractivity contribution is 4.15. The molecule has 1 N–H and O–H groups in total. The van der Waals surface area contributed by atoms with Gasteiger partial charge in [0.25, 0.3) is 0 Å². The van der Waals surface area contributed by atoms with E-state index in [0.717, 1.165) is 6.42 Å². The Morgan fingerprint density at radius 2 is 2.33 bits per heavy atom. The van der Waals surface area contributed by atoms with E-state index in [4.69, 9.17) is 5.53 Å². The smallest absolute Gasteiger partial charge is 0.180 e. The third kappa shape index (κ3) is 3.40. The lowest BCUT2D eigenvalue weighted by Gasteiger charge is -1.89. The van der Waals surface area contributed by atoms with Crippen LogP contribution in [0.1, 0.15) is 13.3 Å². The highest BCUT2D eigenvalue weighted by Crippen LogP contribution is 1.72. The molecule has 0 amide bonds. The largest absolute Gasteiger partial charge is 0.600 e. The van der Waals surface area contributed by atoms with Crippen molar-refractivity contribution in [2.24, 2.45) is 0 Å². The average molecular weight is 88.1 g/mol. The van der Waals surface area contributed by atoms with Crippen LogP contribution in [0.15, 0.2) is 0 Å². The number of nitrogens with one attached hydrogen (secondary N) is 1. The van der Waals surface area contributed by atoms with Gasteiger partial charge in [0.1, 0.15) is 0 Å². The van der Waals surface area contributed by atoms with E-state index < -0.39 is 0 Å². The summed E-state index contributed by atoms with van der Waals surface area (Å²) in [6, 6.07) is 0. The van der Waals surface area contributed by atoms with Gasteiger partial charge in [-0.15, -0.1) is 0 Å². The molecule has 0 heterocycles. The van der Waals surface area contributed by atoms with E-state index >= 15 is 0 Å². The van der Waals surface area contributed by atoms with Gasteiger partial charge in [0.05, 0.1) is 0 Å². The van der Waals surface area contributed by atoms with E-state index in [2.05, 4.69) is 0 Å². The molecule has 0 atom stereocenters. The lowest BCUT2D eigenvalue weighted by Crippen LogP contribution is -1.96. The van der Waals surface area contributed by atoms with Crippen molar-refractivity contribution >= 4 is 0 Å². The quantitative estimate of drug-likeness (QED) is 0.305. The van der Waals surface area contributed by atoms with Gasteiger partial charge in [0.2, 0.25) is 0 Å². The maximum atomic E-state index is 9.63. The van der Waals surface area contributed by atoms with Gasteiger partial charge in [-0.3, -0.25) is 0 Å². The van der Waals surface area contributed by atoms with E-state index in [1.807, 2.05) is 6.92 Å². The fourth-order valence-corrected chi connectivity index (χ4v) is 0.203. The van der Waals surface area contributed by atoms with Crippen LogP contribution in [0.2, 0.25) is 0 Å². The van der Waals surface area contributed by atoms with Crippen LogP contribution in [0.5, 0.6) is 0 Å². The summed E-state index contributed by atoms with van der Waals surface area (Å²) < 4.78 is 0. The van der Waals surface area contributed by atoms with Gasteiger partial charge in [-0.2, -0.15) is 0 Å². The highest BCUT2D eigenvalue weighted by Gasteiger charge is 1.80. The molecule has 0 aromatic rings. The van der Waals surface area contributed by atoms with E-state index in [9.17, 15) is 5.21 Å². The first-order valence-corrected chi connectivity index (χ1v) is 1.93. The van der Waals surface area contributed by atoms with Gasteiger partial charge < -0.3 is 5.21 Å². The monoisotopic (exact) mass is 88.1 g/mol. The molecule has 0 aliphatic carbocycles. The SMILES string of the molecule is CCC[N+](=N)[O-]. The zero-order chi connectivity index (χ0) is 4.99. The van der Waals surface area contributed by atoms with Crippen molar-refractivity contribution in [3.63, 3.8) is 0 Å². The minimum atomic E-state index is 0.181. The summed E-state index contributed by atoms with van der Waals surface area (Å²) in [4.78, 5) is 0.181. The van der Waals surface area contributed by atoms with Crippen LogP contribution in [0.4, 0.5) is 0 Å². The van der Waals surface area contributed by atoms with Gasteiger partial charge >= 0.3 is 0 Å². The van der Waals surface area contributed by atoms with E-state index in [1.54, 1.807) is 0 Å². The Morgan fingerprint density at radius 3 is 2.33 bits per heavy atom. The predicted molar refractivity (Wildman–Crippen MR) is 21.5 cm³/mol. The van der Waals surface area contributed by atoms with Crippen LogP contribution in [-0.2, 0) is 0 Å². The Kier molecular flexibility index (Phi) is 2.36. The molecule has 0 fully saturated rings. The minimum absolute atomic E-state index is 0.181. The molecule has 0 spiro atoms. The van der Waals surface area contributed by atoms with Crippen LogP contribution < -0.4 is 0 Å². The fourth-order valence-electron chi connectivity index (χ4n) is 0.203. The number of hydroxylamine groups is 1. The number of nitrogens with zero attached hydrogens (tertiary/aromatic N) is 1. The van der Waals surface area contributed by atoms with Crippen LogP contribution in [0.25, 0.3) is 0 Å². The topological polar surface area (TPSA) is 49.9 Å². The Labute approximate surface area is 36.7 Å². The molecular formula is C3H8N2O. The van der Waals surface area contributed by atoms with Crippen molar-refractivity contribution in [1.82, 2.24) is 0 Å². The van der Waals surface area contributed by atoms with Crippen LogP contribution in [-0.4, -0.2) is 11.4 Å². The molecular weight excluding hydrogens is 80.0 g/mol. The van der Waals surface area contributed by atoms with Gasteiger partial charge in [-0.1, -0.05) is 11.8 Å². The fraction of sp³-hybridized carbons (Fsp3) is 1.00. The molecule has 0 aliphatic rings. The van der Waals surface area contributed by atoms with Gasteiger partial charge in [0, 0.05) is 6.42 Å². The molecule has 0 saturated heterocycles. The maximum absolute atomic E-state index is 9.63. The first kappa shape index (κ1) is 5.40. The van der Waals surface area contributed by atoms with Crippen molar-refractivity contribution in [2.75, 3.05) is 6.54 Å². The molecule has 3 heteroatoms. The standard InChI is InChI=1S/C3H8N2O/c1-2-3-5(4)6/h4H,2-3H2,1H3. The van der Waals surface area contributed by atoms with E-state index in [1.165, 1.54) is 0 Å². The summed E-state index contributed by atoms with van der Waals surface area (Å²) in [6.45, 7) is 2.18. The molecule has 3 nitrogen and oxygen atoms in total. The Hall–Kier alpha value is -0.600. The van der Waals surface area contributed by atoms with Gasteiger partial charge in [-0.25, -0.2) is 0 Å². The first-order valence-electron chi connectivity index (χ1n) is 1.93. The number of rotatable bonds is 2. The molecule has 6 heavy (non-hydrogen) atoms. The molecule has 0 bridgehead atoms. The molecule has 36 valence electrons. The lowest BCUT2D eigenvalue weighted by molar-refractivity contribution is -0.551. The van der Waals surface area contributed by atoms with Crippen molar-refractivity contribution in [3.8, 4) is 0 Å². The number of hydrogen-bond acceptors (Lipinski definition) is 2. The molecule has 0 aromatic carbocycles. The summed E-state index contributed by atoms with van der Waals surface area (Å²) in [5.74, 6) is 0. The second-order valence-electron chi connectivity index (χ2n) is 1.10. The minimum Gasteiger partial charge on any atom is -0.600 e. The summed E-state index contributed by atoms with van der Waals surface area (Å²) in [6.07, 6.45) is 0.757. The van der Waals surface area contributed by atoms with Crippen LogP contribution >= 0.6 is 0 Å². The summed E-state index contributed by atoms with van der Waals surface area (Å²) in [7, 11) is 0. The Morgan fingerprint density at radius 1 is 1.83 bits per heavy atom. The first-order chi connectivity index (χ1) is 2.77. The Bertz CT molecular complexity index is 52.8. The van der Waals surface area contributed by atoms with Crippen molar-refractivity contribution in [1.29, 1.82) is 5.53 Å². The van der Waals surface area contributed by atoms with E-state index in [0.29, 0.717) is 6.54 Å². The second kappa shape index (κ2) is 2.63. The van der Waals surface area contributed by atoms with Crippen molar-refractivity contribution < 1.29 is 4.86 Å². The second-order valence-corrected chi connectivity index (χ2v) is 1.10. The van der Waals surface area contributed by atoms with Crippen molar-refractivity contribution in [3.05, 3.63) is 5.21 Å². The summed E-state index contributed by atoms with van der Waals surface area (Å²) in [5, 5.41) is 9.63. The van der Waals surface area contributed by atoms with Crippen LogP contribution in [0, 0.1) is 10.7 Å². The molecule has 0 rings (SSSR count). The molecule has 0 aliphatic heterocycles. The molecule has 0 radical (unpaired) electrons. The normalized spacial score (nSPS) is 8.17. The van der Waals surface area contributed by atoms with Crippen LogP contribution in [0.3, 0.4) is 0 Å². The predicted octanol–water partition coefficient (Wildman–Crippen LogP) is 0.938. The summed E-state index contributed by atoms with van der Waals surface area (Å²) in [5.41, 5.74) is 6.26. The third-order valence-electron chi connectivity index (χ3n) is 0.427. The number of hydrogen-bond donors (Lipinski definition) is 1.